The molecule has 0 amide bonds. The van der Waals surface area contributed by atoms with Crippen LogP contribution in [0.2, 0.25) is 5.02 Å². The van der Waals surface area contributed by atoms with Gasteiger partial charge in [0.05, 0.1) is 11.1 Å². The summed E-state index contributed by atoms with van der Waals surface area (Å²) in [5.41, 5.74) is 2.13. The third kappa shape index (κ3) is 4.10. The number of halogens is 1. The normalized spacial score (nSPS) is 18.8. The Morgan fingerprint density at radius 2 is 2.16 bits per heavy atom. The molecule has 0 spiro atoms. The molecule has 0 unspecified atom stereocenters. The van der Waals surface area contributed by atoms with Crippen LogP contribution in [0.3, 0.4) is 0 Å². The predicted octanol–water partition coefficient (Wildman–Crippen LogP) is 3.10. The molecule has 1 saturated heterocycles. The lowest BCUT2D eigenvalue weighted by Crippen LogP contribution is -2.29. The van der Waals surface area contributed by atoms with E-state index in [2.05, 4.69) is 5.32 Å². The molecule has 1 aliphatic heterocycles. The van der Waals surface area contributed by atoms with Crippen molar-refractivity contribution < 1.29 is 9.47 Å². The summed E-state index contributed by atoms with van der Waals surface area (Å²) in [7, 11) is 0. The first-order chi connectivity index (χ1) is 9.18. The maximum absolute atomic E-state index is 6.25. The van der Waals surface area contributed by atoms with E-state index < -0.39 is 0 Å². The maximum Gasteiger partial charge on any atom is 0.141 e. The standard InChI is InChI=1S/C15H22ClNO2/c1-11-5-6-12(2)15(14(11)16)19-9-7-17-10-13-4-3-8-18-13/h5-6,13,17H,3-4,7-10H2,1-2H3/t13-/m0/s1. The third-order valence-corrected chi connectivity index (χ3v) is 3.88. The molecule has 3 nitrogen and oxygen atoms in total. The van der Waals surface area contributed by atoms with Gasteiger partial charge in [-0.1, -0.05) is 23.7 Å². The second-order valence-electron chi connectivity index (χ2n) is 5.03. The summed E-state index contributed by atoms with van der Waals surface area (Å²) in [6.07, 6.45) is 2.72. The minimum Gasteiger partial charge on any atom is -0.490 e. The van der Waals surface area contributed by atoms with Crippen LogP contribution in [0.1, 0.15) is 24.0 Å². The second kappa shape index (κ2) is 7.13. The molecular weight excluding hydrogens is 262 g/mol. The smallest absolute Gasteiger partial charge is 0.141 e. The van der Waals surface area contributed by atoms with E-state index in [1.807, 2.05) is 26.0 Å². The van der Waals surface area contributed by atoms with E-state index in [9.17, 15) is 0 Å². The molecule has 0 bridgehead atoms. The Morgan fingerprint density at radius 3 is 2.89 bits per heavy atom. The third-order valence-electron chi connectivity index (χ3n) is 3.41. The molecule has 0 saturated carbocycles. The molecule has 0 aliphatic carbocycles. The van der Waals surface area contributed by atoms with Crippen molar-refractivity contribution in [2.45, 2.75) is 32.8 Å². The molecule has 0 aromatic heterocycles. The van der Waals surface area contributed by atoms with Gasteiger partial charge < -0.3 is 14.8 Å². The number of nitrogens with one attached hydrogen (secondary N) is 1. The largest absolute Gasteiger partial charge is 0.490 e. The zero-order valence-electron chi connectivity index (χ0n) is 11.7. The lowest BCUT2D eigenvalue weighted by atomic mass is 10.1. The molecule has 1 N–H and O–H groups in total. The van der Waals surface area contributed by atoms with E-state index in [1.54, 1.807) is 0 Å². The number of hydrogen-bond donors (Lipinski definition) is 1. The van der Waals surface area contributed by atoms with E-state index in [4.69, 9.17) is 21.1 Å². The summed E-state index contributed by atoms with van der Waals surface area (Å²) in [5, 5.41) is 4.08. The summed E-state index contributed by atoms with van der Waals surface area (Å²) >= 11 is 6.25. The van der Waals surface area contributed by atoms with E-state index in [-0.39, 0.29) is 0 Å². The fourth-order valence-corrected chi connectivity index (χ4v) is 2.49. The van der Waals surface area contributed by atoms with Crippen molar-refractivity contribution in [2.75, 3.05) is 26.3 Å². The highest BCUT2D eigenvalue weighted by atomic mass is 35.5. The Kier molecular flexibility index (Phi) is 5.49. The molecule has 1 aromatic carbocycles. The Morgan fingerprint density at radius 1 is 1.37 bits per heavy atom. The topological polar surface area (TPSA) is 30.5 Å². The van der Waals surface area contributed by atoms with Crippen molar-refractivity contribution in [3.8, 4) is 5.75 Å². The van der Waals surface area contributed by atoms with Gasteiger partial charge in [0.15, 0.2) is 0 Å². The molecule has 19 heavy (non-hydrogen) atoms. The zero-order valence-corrected chi connectivity index (χ0v) is 12.4. The highest BCUT2D eigenvalue weighted by Crippen LogP contribution is 2.31. The van der Waals surface area contributed by atoms with Crippen LogP contribution in [0.5, 0.6) is 5.75 Å². The number of aryl methyl sites for hydroxylation is 2. The van der Waals surface area contributed by atoms with Crippen LogP contribution in [0.25, 0.3) is 0 Å². The molecule has 1 atom stereocenters. The first kappa shape index (κ1) is 14.6. The van der Waals surface area contributed by atoms with Crippen molar-refractivity contribution in [1.82, 2.24) is 5.32 Å². The van der Waals surface area contributed by atoms with Gasteiger partial charge in [0.2, 0.25) is 0 Å². The number of rotatable bonds is 6. The molecule has 4 heteroatoms. The fourth-order valence-electron chi connectivity index (χ4n) is 2.22. The first-order valence-electron chi connectivity index (χ1n) is 6.89. The summed E-state index contributed by atoms with van der Waals surface area (Å²) in [4.78, 5) is 0. The van der Waals surface area contributed by atoms with E-state index >= 15 is 0 Å². The van der Waals surface area contributed by atoms with E-state index in [1.165, 1.54) is 6.42 Å². The van der Waals surface area contributed by atoms with Gasteiger partial charge in [-0.3, -0.25) is 0 Å². The summed E-state index contributed by atoms with van der Waals surface area (Å²) in [6, 6.07) is 4.05. The zero-order chi connectivity index (χ0) is 13.7. The molecule has 0 radical (unpaired) electrons. The molecular formula is C15H22ClNO2. The summed E-state index contributed by atoms with van der Waals surface area (Å²) in [6.45, 7) is 7.25. The molecule has 1 fully saturated rings. The number of hydrogen-bond acceptors (Lipinski definition) is 3. The van der Waals surface area contributed by atoms with Crippen LogP contribution >= 0.6 is 11.6 Å². The van der Waals surface area contributed by atoms with E-state index in [0.717, 1.165) is 48.0 Å². The highest BCUT2D eigenvalue weighted by molar-refractivity contribution is 6.32. The van der Waals surface area contributed by atoms with Gasteiger partial charge in [0.25, 0.3) is 0 Å². The van der Waals surface area contributed by atoms with Gasteiger partial charge in [-0.15, -0.1) is 0 Å². The van der Waals surface area contributed by atoms with Crippen molar-refractivity contribution in [1.29, 1.82) is 0 Å². The SMILES string of the molecule is Cc1ccc(C)c(OCCNC[C@@H]2CCCO2)c1Cl. The quantitative estimate of drug-likeness (QED) is 0.814. The van der Waals surface area contributed by atoms with Crippen molar-refractivity contribution in [3.05, 3.63) is 28.3 Å². The minimum atomic E-state index is 0.379. The molecule has 106 valence electrons. The average Bonchev–Trinajstić information content (AvgIpc) is 2.90. The highest BCUT2D eigenvalue weighted by Gasteiger charge is 2.14. The first-order valence-corrected chi connectivity index (χ1v) is 7.27. The van der Waals surface area contributed by atoms with Gasteiger partial charge >= 0.3 is 0 Å². The molecule has 1 aliphatic rings. The van der Waals surface area contributed by atoms with Crippen molar-refractivity contribution >= 4 is 11.6 Å². The van der Waals surface area contributed by atoms with Crippen LogP contribution in [0.4, 0.5) is 0 Å². The van der Waals surface area contributed by atoms with Gasteiger partial charge in [-0.25, -0.2) is 0 Å². The van der Waals surface area contributed by atoms with Crippen LogP contribution in [0.15, 0.2) is 12.1 Å². The van der Waals surface area contributed by atoms with Crippen LogP contribution in [-0.2, 0) is 4.74 Å². The average molecular weight is 284 g/mol. The maximum atomic E-state index is 6.25. The molecule has 2 rings (SSSR count). The molecule has 1 aromatic rings. The van der Waals surface area contributed by atoms with Crippen LogP contribution in [-0.4, -0.2) is 32.4 Å². The Labute approximate surface area is 120 Å². The predicted molar refractivity (Wildman–Crippen MR) is 78.3 cm³/mol. The van der Waals surface area contributed by atoms with Gasteiger partial charge in [-0.2, -0.15) is 0 Å². The van der Waals surface area contributed by atoms with Gasteiger partial charge in [-0.05, 0) is 37.8 Å². The Hall–Kier alpha value is -0.770. The minimum absolute atomic E-state index is 0.379. The lowest BCUT2D eigenvalue weighted by molar-refractivity contribution is 0.109. The monoisotopic (exact) mass is 283 g/mol. The number of ether oxygens (including phenoxy) is 2. The van der Waals surface area contributed by atoms with E-state index in [0.29, 0.717) is 12.7 Å². The van der Waals surface area contributed by atoms with Crippen LogP contribution < -0.4 is 10.1 Å². The Balaban J connectivity index is 1.72. The lowest BCUT2D eigenvalue weighted by Gasteiger charge is -2.14. The number of benzene rings is 1. The van der Waals surface area contributed by atoms with Crippen molar-refractivity contribution in [3.63, 3.8) is 0 Å². The Bertz CT molecular complexity index is 417. The summed E-state index contributed by atoms with van der Waals surface area (Å²) < 4.78 is 11.3. The fraction of sp³-hybridized carbons (Fsp3) is 0.600. The van der Waals surface area contributed by atoms with Gasteiger partial charge in [0, 0.05) is 19.7 Å². The van der Waals surface area contributed by atoms with Crippen molar-refractivity contribution in [2.24, 2.45) is 0 Å². The molecule has 1 heterocycles. The van der Waals surface area contributed by atoms with Crippen LogP contribution in [0, 0.1) is 13.8 Å². The summed E-state index contributed by atoms with van der Waals surface area (Å²) in [5.74, 6) is 0.806. The second-order valence-corrected chi connectivity index (χ2v) is 5.41. The van der Waals surface area contributed by atoms with Gasteiger partial charge in [0.1, 0.15) is 12.4 Å².